The minimum absolute atomic E-state index is 0.0161. The summed E-state index contributed by atoms with van der Waals surface area (Å²) in [5, 5.41) is -3.33. The number of benzene rings is 1. The lowest BCUT2D eigenvalue weighted by Crippen LogP contribution is -2.51. The molecule has 0 aliphatic carbocycles. The summed E-state index contributed by atoms with van der Waals surface area (Å²) in [5.74, 6) is 0.0895. The first-order valence-corrected chi connectivity index (χ1v) is 10.3. The van der Waals surface area contributed by atoms with Gasteiger partial charge in [0.25, 0.3) is 0 Å². The van der Waals surface area contributed by atoms with Crippen molar-refractivity contribution in [2.45, 2.75) is 37.6 Å². The van der Waals surface area contributed by atoms with Crippen LogP contribution in [0.2, 0.25) is 0 Å². The summed E-state index contributed by atoms with van der Waals surface area (Å²) in [4.78, 5) is 12.8. The molecule has 0 N–H and O–H groups in total. The molecule has 0 bridgehead atoms. The molecule has 6 radical (unpaired) electrons. The van der Waals surface area contributed by atoms with Gasteiger partial charge in [-0.3, -0.25) is 4.79 Å². The van der Waals surface area contributed by atoms with Gasteiger partial charge in [-0.15, -0.1) is 0 Å². The third-order valence-electron chi connectivity index (χ3n) is 5.64. The standard InChI is InChI=1S/C21H19B3F3NO5/c1-11-17-15-3-2-13(33-20(23,24)21(25,26)27)8-12(15)4-5-28(17)19(16(22)18(11)29)32-10-14-9-30-6-7-31-14/h2-3,8,14H,4-7,9-10H2,1H3. The Bertz CT molecular complexity index is 1110. The minimum atomic E-state index is -4.96. The fourth-order valence-electron chi connectivity index (χ4n) is 3.93. The SMILES string of the molecule is [B]c1c(OCC2COCCO2)n2c(c(C)c1=O)-c1ccc(OC([B])([B])C(F)(F)F)cc1CC2. The summed E-state index contributed by atoms with van der Waals surface area (Å²) in [6.07, 6.45) is -4.83. The number of pyridine rings is 1. The second-order valence-corrected chi connectivity index (χ2v) is 8.01. The van der Waals surface area contributed by atoms with Crippen LogP contribution in [0.15, 0.2) is 23.0 Å². The molecule has 1 aromatic heterocycles. The number of rotatable bonds is 5. The number of halogens is 3. The zero-order valence-corrected chi connectivity index (χ0v) is 17.9. The van der Waals surface area contributed by atoms with Gasteiger partial charge < -0.3 is 23.5 Å². The lowest BCUT2D eigenvalue weighted by Gasteiger charge is -2.32. The smallest absolute Gasteiger partial charge is 0.410 e. The van der Waals surface area contributed by atoms with Gasteiger partial charge in [0, 0.05) is 23.1 Å². The van der Waals surface area contributed by atoms with Crippen molar-refractivity contribution < 1.29 is 32.1 Å². The Morgan fingerprint density at radius 2 is 2.00 bits per heavy atom. The Labute approximate surface area is 192 Å². The van der Waals surface area contributed by atoms with E-state index in [9.17, 15) is 18.0 Å². The van der Waals surface area contributed by atoms with Crippen molar-refractivity contribution >= 4 is 29.0 Å². The summed E-state index contributed by atoms with van der Waals surface area (Å²) in [6.45, 7) is 3.51. The highest BCUT2D eigenvalue weighted by Crippen LogP contribution is 2.37. The Balaban J connectivity index is 1.69. The highest BCUT2D eigenvalue weighted by atomic mass is 19.4. The normalized spacial score (nSPS) is 18.4. The van der Waals surface area contributed by atoms with Crippen molar-refractivity contribution in [2.75, 3.05) is 26.4 Å². The zero-order chi connectivity index (χ0) is 24.0. The second kappa shape index (κ2) is 8.79. The molecule has 12 heteroatoms. The molecular weight excluding hydrogens is 436 g/mol. The molecule has 2 aliphatic rings. The van der Waals surface area contributed by atoms with Gasteiger partial charge in [0.15, 0.2) is 11.3 Å². The van der Waals surface area contributed by atoms with Crippen molar-refractivity contribution in [1.29, 1.82) is 0 Å². The van der Waals surface area contributed by atoms with Crippen molar-refractivity contribution in [3.63, 3.8) is 0 Å². The molecule has 4 rings (SSSR count). The molecule has 1 aromatic carbocycles. The van der Waals surface area contributed by atoms with E-state index in [0.29, 0.717) is 55.2 Å². The molecule has 3 heterocycles. The van der Waals surface area contributed by atoms with Crippen molar-refractivity contribution in [1.82, 2.24) is 4.57 Å². The number of aromatic nitrogens is 1. The molecule has 2 aliphatic heterocycles. The summed E-state index contributed by atoms with van der Waals surface area (Å²) in [7, 11) is 16.3. The van der Waals surface area contributed by atoms with E-state index in [2.05, 4.69) is 0 Å². The van der Waals surface area contributed by atoms with Crippen LogP contribution >= 0.6 is 0 Å². The molecule has 168 valence electrons. The first-order valence-electron chi connectivity index (χ1n) is 10.3. The van der Waals surface area contributed by atoms with Crippen LogP contribution in [0.4, 0.5) is 13.2 Å². The van der Waals surface area contributed by atoms with E-state index in [1.165, 1.54) is 12.1 Å². The van der Waals surface area contributed by atoms with Crippen LogP contribution < -0.4 is 20.4 Å². The van der Waals surface area contributed by atoms with Crippen LogP contribution in [0.1, 0.15) is 11.1 Å². The van der Waals surface area contributed by atoms with E-state index >= 15 is 0 Å². The van der Waals surface area contributed by atoms with Crippen LogP contribution in [-0.2, 0) is 22.4 Å². The maximum Gasteiger partial charge on any atom is 0.410 e. The van der Waals surface area contributed by atoms with Gasteiger partial charge in [-0.05, 0) is 37.1 Å². The van der Waals surface area contributed by atoms with Crippen molar-refractivity contribution in [3.05, 3.63) is 39.5 Å². The van der Waals surface area contributed by atoms with Gasteiger partial charge in [-0.1, -0.05) is 0 Å². The molecule has 2 aromatic rings. The predicted molar refractivity (Wildman–Crippen MR) is 117 cm³/mol. The number of hydrogen-bond acceptors (Lipinski definition) is 5. The third-order valence-corrected chi connectivity index (χ3v) is 5.64. The first-order chi connectivity index (χ1) is 15.5. The molecule has 0 amide bonds. The molecular formula is C21H19B3F3NO5. The molecule has 1 atom stereocenters. The maximum atomic E-state index is 13.0. The van der Waals surface area contributed by atoms with E-state index in [1.54, 1.807) is 17.6 Å². The van der Waals surface area contributed by atoms with E-state index in [1.807, 2.05) is 0 Å². The third kappa shape index (κ3) is 4.55. The fourth-order valence-corrected chi connectivity index (χ4v) is 3.93. The Kier molecular flexibility index (Phi) is 6.35. The summed E-state index contributed by atoms with van der Waals surface area (Å²) in [6, 6.07) is 4.32. The highest BCUT2D eigenvalue weighted by Gasteiger charge is 2.48. The van der Waals surface area contributed by atoms with E-state index in [-0.39, 0.29) is 35.2 Å². The van der Waals surface area contributed by atoms with Gasteiger partial charge >= 0.3 is 6.18 Å². The predicted octanol–water partition coefficient (Wildman–Crippen LogP) is 0.900. The number of nitrogens with zero attached hydrogens (tertiary/aromatic N) is 1. The van der Waals surface area contributed by atoms with Gasteiger partial charge in [0.1, 0.15) is 47.4 Å². The number of fused-ring (bicyclic) bond motifs is 3. The van der Waals surface area contributed by atoms with E-state index in [0.717, 1.165) is 0 Å². The molecule has 0 saturated carbocycles. The quantitative estimate of drug-likeness (QED) is 0.628. The average Bonchev–Trinajstić information content (AvgIpc) is 2.76. The molecule has 33 heavy (non-hydrogen) atoms. The maximum absolute atomic E-state index is 13.0. The van der Waals surface area contributed by atoms with Gasteiger partial charge in [-0.25, -0.2) is 0 Å². The van der Waals surface area contributed by atoms with Crippen LogP contribution in [0.25, 0.3) is 11.3 Å². The van der Waals surface area contributed by atoms with Crippen molar-refractivity contribution in [2.24, 2.45) is 0 Å². The number of ether oxygens (including phenoxy) is 4. The minimum Gasteiger partial charge on any atom is -0.498 e. The lowest BCUT2D eigenvalue weighted by atomic mass is 9.64. The Hall–Kier alpha value is -2.33. The Morgan fingerprint density at radius 1 is 1.24 bits per heavy atom. The van der Waals surface area contributed by atoms with E-state index < -0.39 is 11.6 Å². The van der Waals surface area contributed by atoms with Crippen molar-refractivity contribution in [3.8, 4) is 22.9 Å². The Morgan fingerprint density at radius 3 is 2.67 bits per heavy atom. The molecule has 1 fully saturated rings. The van der Waals surface area contributed by atoms with Crippen LogP contribution in [0, 0.1) is 6.92 Å². The fraction of sp³-hybridized carbons (Fsp3) is 0.476. The topological polar surface area (TPSA) is 58.9 Å². The lowest BCUT2D eigenvalue weighted by molar-refractivity contribution is -0.185. The van der Waals surface area contributed by atoms with Crippen LogP contribution in [-0.4, -0.2) is 72.2 Å². The summed E-state index contributed by atoms with van der Waals surface area (Å²) >= 11 is 0. The molecule has 0 spiro atoms. The summed E-state index contributed by atoms with van der Waals surface area (Å²) < 4.78 is 62.4. The monoisotopic (exact) mass is 455 g/mol. The highest BCUT2D eigenvalue weighted by molar-refractivity contribution is 6.40. The van der Waals surface area contributed by atoms with Crippen LogP contribution in [0.5, 0.6) is 11.6 Å². The van der Waals surface area contributed by atoms with Gasteiger partial charge in [0.2, 0.25) is 0 Å². The number of hydrogen-bond donors (Lipinski definition) is 0. The summed E-state index contributed by atoms with van der Waals surface area (Å²) in [5.41, 5.74) is 1.89. The first kappa shape index (κ1) is 23.8. The molecule has 6 nitrogen and oxygen atoms in total. The number of aryl methyl sites for hydroxylation is 1. The zero-order valence-electron chi connectivity index (χ0n) is 17.9. The van der Waals surface area contributed by atoms with E-state index in [4.69, 9.17) is 42.5 Å². The number of alkyl halides is 3. The van der Waals surface area contributed by atoms with Gasteiger partial charge in [-0.2, -0.15) is 13.2 Å². The second-order valence-electron chi connectivity index (χ2n) is 8.01. The van der Waals surface area contributed by atoms with Gasteiger partial charge in [0.05, 0.1) is 25.5 Å². The molecule has 1 saturated heterocycles. The molecule has 1 unspecified atom stereocenters. The largest absolute Gasteiger partial charge is 0.498 e. The average molecular weight is 455 g/mol. The van der Waals surface area contributed by atoms with Crippen LogP contribution in [0.3, 0.4) is 0 Å².